The summed E-state index contributed by atoms with van der Waals surface area (Å²) in [6, 6.07) is 9.47. The average molecular weight is 342 g/mol. The van der Waals surface area contributed by atoms with Crippen molar-refractivity contribution < 1.29 is 18.8 Å². The Bertz CT molecular complexity index is 754. The van der Waals surface area contributed by atoms with Crippen molar-refractivity contribution in [2.24, 2.45) is 0 Å². The fourth-order valence-corrected chi connectivity index (χ4v) is 3.16. The number of hydrogen-bond acceptors (Lipinski definition) is 5. The number of ether oxygens (including phenoxy) is 1. The molecule has 0 saturated carbocycles. The normalized spacial score (nSPS) is 17.4. The highest BCUT2D eigenvalue weighted by Gasteiger charge is 2.27. The minimum atomic E-state index is -0.587. The van der Waals surface area contributed by atoms with Gasteiger partial charge < -0.3 is 14.2 Å². The smallest absolute Gasteiger partial charge is 0.344 e. The number of rotatable bonds is 4. The Morgan fingerprint density at radius 3 is 2.76 bits per heavy atom. The van der Waals surface area contributed by atoms with Gasteiger partial charge >= 0.3 is 5.97 Å². The number of aromatic nitrogens is 1. The highest BCUT2D eigenvalue weighted by Crippen LogP contribution is 2.25. The Labute approximate surface area is 146 Å². The van der Waals surface area contributed by atoms with Crippen LogP contribution in [0.25, 0.3) is 11.3 Å². The number of amides is 1. The molecule has 25 heavy (non-hydrogen) atoms. The quantitative estimate of drug-likeness (QED) is 0.798. The minimum absolute atomic E-state index is 0.157. The first kappa shape index (κ1) is 17.2. The van der Waals surface area contributed by atoms with Crippen molar-refractivity contribution in [1.82, 2.24) is 10.1 Å². The van der Waals surface area contributed by atoms with Crippen LogP contribution in [-0.2, 0) is 9.53 Å². The first-order chi connectivity index (χ1) is 12.1. The van der Waals surface area contributed by atoms with Crippen LogP contribution >= 0.6 is 0 Å². The summed E-state index contributed by atoms with van der Waals surface area (Å²) in [7, 11) is 0. The second kappa shape index (κ2) is 7.51. The van der Waals surface area contributed by atoms with E-state index in [0.717, 1.165) is 31.4 Å². The Morgan fingerprint density at radius 2 is 2.04 bits per heavy atom. The number of benzene rings is 1. The zero-order chi connectivity index (χ0) is 17.8. The molecule has 0 aliphatic carbocycles. The molecule has 2 aromatic rings. The van der Waals surface area contributed by atoms with E-state index in [1.807, 2.05) is 37.3 Å². The maximum atomic E-state index is 12.5. The van der Waals surface area contributed by atoms with E-state index in [2.05, 4.69) is 5.16 Å². The van der Waals surface area contributed by atoms with Crippen molar-refractivity contribution in [2.75, 3.05) is 13.2 Å². The first-order valence-corrected chi connectivity index (χ1v) is 8.56. The van der Waals surface area contributed by atoms with Gasteiger partial charge in [0.05, 0.1) is 0 Å². The average Bonchev–Trinajstić information content (AvgIpc) is 3.02. The molecule has 6 heteroatoms. The fourth-order valence-electron chi connectivity index (χ4n) is 3.16. The number of nitrogens with zero attached hydrogens (tertiary/aromatic N) is 2. The van der Waals surface area contributed by atoms with E-state index in [0.29, 0.717) is 11.5 Å². The van der Waals surface area contributed by atoms with Gasteiger partial charge in [-0.05, 0) is 33.1 Å². The van der Waals surface area contributed by atoms with Crippen LogP contribution in [0.5, 0.6) is 0 Å². The fraction of sp³-hybridized carbons (Fsp3) is 0.421. The van der Waals surface area contributed by atoms with Crippen molar-refractivity contribution >= 4 is 11.9 Å². The minimum Gasteiger partial charge on any atom is -0.452 e. The van der Waals surface area contributed by atoms with E-state index >= 15 is 0 Å². The van der Waals surface area contributed by atoms with Crippen LogP contribution in [0.3, 0.4) is 0 Å². The van der Waals surface area contributed by atoms with Gasteiger partial charge in [-0.15, -0.1) is 0 Å². The van der Waals surface area contributed by atoms with Gasteiger partial charge in [-0.3, -0.25) is 4.79 Å². The van der Waals surface area contributed by atoms with Crippen molar-refractivity contribution in [3.05, 3.63) is 41.7 Å². The molecule has 1 atom stereocenters. The molecule has 2 heterocycles. The maximum Gasteiger partial charge on any atom is 0.344 e. The van der Waals surface area contributed by atoms with E-state index in [1.165, 1.54) is 0 Å². The number of esters is 1. The predicted octanol–water partition coefficient (Wildman–Crippen LogP) is 3.21. The van der Waals surface area contributed by atoms with Gasteiger partial charge in [0, 0.05) is 18.2 Å². The third-order valence-electron chi connectivity index (χ3n) is 4.56. The molecule has 0 radical (unpaired) electrons. The number of piperidine rings is 1. The van der Waals surface area contributed by atoms with Crippen LogP contribution in [-0.4, -0.2) is 41.1 Å². The third-order valence-corrected chi connectivity index (χ3v) is 4.56. The standard InChI is InChI=1S/C19H22N2O4/c1-13-8-6-7-11-21(13)16(22)12-24-19(23)17-14(2)25-20-18(17)15-9-4-3-5-10-15/h3-5,9-10,13H,6-8,11-12H2,1-2H3/t13-/m0/s1. The number of carbonyl (C=O) groups excluding carboxylic acids is 2. The molecule has 1 aromatic heterocycles. The SMILES string of the molecule is Cc1onc(-c2ccccc2)c1C(=O)OCC(=O)N1CCCC[C@@H]1C. The van der Waals surface area contributed by atoms with Gasteiger partial charge in [-0.1, -0.05) is 35.5 Å². The van der Waals surface area contributed by atoms with Crippen LogP contribution in [0.1, 0.15) is 42.3 Å². The summed E-state index contributed by atoms with van der Waals surface area (Å²) < 4.78 is 10.4. The molecule has 0 N–H and O–H groups in total. The van der Waals surface area contributed by atoms with Crippen LogP contribution in [0.15, 0.2) is 34.9 Å². The van der Waals surface area contributed by atoms with Crippen molar-refractivity contribution in [2.45, 2.75) is 39.2 Å². The molecule has 3 rings (SSSR count). The zero-order valence-corrected chi connectivity index (χ0v) is 14.5. The molecule has 6 nitrogen and oxygen atoms in total. The first-order valence-electron chi connectivity index (χ1n) is 8.56. The summed E-state index contributed by atoms with van der Waals surface area (Å²) in [6.07, 6.45) is 3.11. The van der Waals surface area contributed by atoms with Crippen molar-refractivity contribution in [1.29, 1.82) is 0 Å². The molecule has 1 aliphatic heterocycles. The molecule has 0 unspecified atom stereocenters. The van der Waals surface area contributed by atoms with Crippen molar-refractivity contribution in [3.63, 3.8) is 0 Å². The predicted molar refractivity (Wildman–Crippen MR) is 92.0 cm³/mol. The molecule has 0 spiro atoms. The maximum absolute atomic E-state index is 12.5. The molecule has 0 bridgehead atoms. The van der Waals surface area contributed by atoms with Gasteiger partial charge in [0.25, 0.3) is 5.91 Å². The van der Waals surface area contributed by atoms with Crippen molar-refractivity contribution in [3.8, 4) is 11.3 Å². The van der Waals surface area contributed by atoms with Gasteiger partial charge in [0.2, 0.25) is 0 Å². The second-order valence-electron chi connectivity index (χ2n) is 6.34. The molecular weight excluding hydrogens is 320 g/mol. The Kier molecular flexibility index (Phi) is 5.16. The van der Waals surface area contributed by atoms with Gasteiger partial charge in [-0.2, -0.15) is 0 Å². The lowest BCUT2D eigenvalue weighted by molar-refractivity contribution is -0.137. The molecule has 1 fully saturated rings. The molecule has 132 valence electrons. The van der Waals surface area contributed by atoms with E-state index < -0.39 is 5.97 Å². The summed E-state index contributed by atoms with van der Waals surface area (Å²) in [6.45, 7) is 4.14. The van der Waals surface area contributed by atoms with Gasteiger partial charge in [0.1, 0.15) is 17.0 Å². The second-order valence-corrected chi connectivity index (χ2v) is 6.34. The zero-order valence-electron chi connectivity index (χ0n) is 14.5. The molecular formula is C19H22N2O4. The number of hydrogen-bond donors (Lipinski definition) is 0. The number of carbonyl (C=O) groups is 2. The summed E-state index contributed by atoms with van der Waals surface area (Å²) >= 11 is 0. The van der Waals surface area contributed by atoms with E-state index in [4.69, 9.17) is 9.26 Å². The summed E-state index contributed by atoms with van der Waals surface area (Å²) in [4.78, 5) is 26.6. The van der Waals surface area contributed by atoms with E-state index in [-0.39, 0.29) is 24.1 Å². The van der Waals surface area contributed by atoms with Gasteiger partial charge in [-0.25, -0.2) is 4.79 Å². The lowest BCUT2D eigenvalue weighted by Gasteiger charge is -2.33. The summed E-state index contributed by atoms with van der Waals surface area (Å²) in [5, 5.41) is 3.96. The lowest BCUT2D eigenvalue weighted by atomic mass is 10.0. The molecule has 1 saturated heterocycles. The molecule has 1 amide bonds. The summed E-state index contributed by atoms with van der Waals surface area (Å²) in [5.74, 6) is -0.367. The Hall–Kier alpha value is -2.63. The van der Waals surface area contributed by atoms with Gasteiger partial charge in [0.15, 0.2) is 6.61 Å². The van der Waals surface area contributed by atoms with E-state index in [1.54, 1.807) is 11.8 Å². The van der Waals surface area contributed by atoms with Crippen LogP contribution in [0.4, 0.5) is 0 Å². The Morgan fingerprint density at radius 1 is 1.28 bits per heavy atom. The van der Waals surface area contributed by atoms with Crippen LogP contribution in [0.2, 0.25) is 0 Å². The molecule has 1 aromatic carbocycles. The third kappa shape index (κ3) is 3.73. The van der Waals surface area contributed by atoms with Crippen LogP contribution in [0, 0.1) is 6.92 Å². The number of aryl methyl sites for hydroxylation is 1. The molecule has 1 aliphatic rings. The topological polar surface area (TPSA) is 72.6 Å². The largest absolute Gasteiger partial charge is 0.452 e. The highest BCUT2D eigenvalue weighted by atomic mass is 16.5. The lowest BCUT2D eigenvalue weighted by Crippen LogP contribution is -2.44. The highest BCUT2D eigenvalue weighted by molar-refractivity contribution is 5.98. The summed E-state index contributed by atoms with van der Waals surface area (Å²) in [5.41, 5.74) is 1.47. The monoisotopic (exact) mass is 342 g/mol. The number of likely N-dealkylation sites (tertiary alicyclic amines) is 1. The van der Waals surface area contributed by atoms with Crippen LogP contribution < -0.4 is 0 Å². The van der Waals surface area contributed by atoms with E-state index in [9.17, 15) is 9.59 Å². The Balaban J connectivity index is 1.70.